The van der Waals surface area contributed by atoms with Crippen molar-refractivity contribution in [3.8, 4) is 0 Å². The number of aromatic nitrogens is 2. The first-order chi connectivity index (χ1) is 11.1. The Bertz CT molecular complexity index is 870. The second-order valence-electron chi connectivity index (χ2n) is 5.40. The van der Waals surface area contributed by atoms with Crippen LogP contribution >= 0.6 is 0 Å². The molecule has 0 aliphatic carbocycles. The van der Waals surface area contributed by atoms with Crippen LogP contribution in [0.2, 0.25) is 0 Å². The highest BCUT2D eigenvalue weighted by Crippen LogP contribution is 2.19. The Balaban J connectivity index is 1.88. The van der Waals surface area contributed by atoms with E-state index in [0.29, 0.717) is 12.1 Å². The molecule has 6 nitrogen and oxygen atoms in total. The van der Waals surface area contributed by atoms with Crippen molar-refractivity contribution in [3.05, 3.63) is 59.4 Å². The minimum Gasteiger partial charge on any atom is -0.378 e. The van der Waals surface area contributed by atoms with Gasteiger partial charge in [-0.05, 0) is 36.8 Å². The van der Waals surface area contributed by atoms with Gasteiger partial charge in [0.25, 0.3) is 5.91 Å². The number of benzene rings is 2. The van der Waals surface area contributed by atoms with Gasteiger partial charge in [-0.25, -0.2) is 10.5 Å². The fraction of sp³-hybridized carbons (Fsp3) is 0.176. The molecule has 1 heterocycles. The molecule has 3 N–H and O–H groups in total. The number of carbonyl (C=O) groups is 1. The van der Waals surface area contributed by atoms with Gasteiger partial charge in [0.15, 0.2) is 0 Å². The summed E-state index contributed by atoms with van der Waals surface area (Å²) in [5, 5.41) is 12.1. The molecule has 0 aliphatic rings. The Morgan fingerprint density at radius 1 is 1.26 bits per heavy atom. The molecular formula is C17H18N4O2. The highest BCUT2D eigenvalue weighted by molar-refractivity contribution is 5.96. The minimum atomic E-state index is -0.544. The van der Waals surface area contributed by atoms with E-state index in [9.17, 15) is 4.79 Å². The van der Waals surface area contributed by atoms with Gasteiger partial charge in [0, 0.05) is 18.3 Å². The van der Waals surface area contributed by atoms with Gasteiger partial charge in [-0.3, -0.25) is 10.0 Å². The third-order valence-corrected chi connectivity index (χ3v) is 3.92. The maximum Gasteiger partial charge on any atom is 0.274 e. The van der Waals surface area contributed by atoms with Crippen molar-refractivity contribution in [2.24, 2.45) is 7.05 Å². The number of para-hydroxylation sites is 1. The first kappa shape index (κ1) is 15.1. The lowest BCUT2D eigenvalue weighted by Gasteiger charge is -2.09. The molecule has 0 saturated heterocycles. The zero-order valence-corrected chi connectivity index (χ0v) is 13.0. The van der Waals surface area contributed by atoms with Gasteiger partial charge in [-0.2, -0.15) is 0 Å². The number of aryl methyl sites for hydroxylation is 2. The fourth-order valence-corrected chi connectivity index (χ4v) is 2.56. The highest BCUT2D eigenvalue weighted by atomic mass is 16.5. The van der Waals surface area contributed by atoms with Crippen LogP contribution in [0.15, 0.2) is 42.5 Å². The van der Waals surface area contributed by atoms with Crippen LogP contribution < -0.4 is 10.8 Å². The number of imidazole rings is 1. The molecule has 2 aromatic carbocycles. The van der Waals surface area contributed by atoms with E-state index >= 15 is 0 Å². The SMILES string of the molecule is Cc1ccccc1NCc1nc2cc(C(=O)NO)ccc2n1C. The van der Waals surface area contributed by atoms with E-state index in [1.165, 1.54) is 5.56 Å². The average molecular weight is 310 g/mol. The van der Waals surface area contributed by atoms with Gasteiger partial charge in [-0.1, -0.05) is 18.2 Å². The predicted molar refractivity (Wildman–Crippen MR) is 88.5 cm³/mol. The van der Waals surface area contributed by atoms with Crippen LogP contribution in [-0.2, 0) is 13.6 Å². The van der Waals surface area contributed by atoms with E-state index in [1.807, 2.05) is 35.9 Å². The van der Waals surface area contributed by atoms with Crippen molar-refractivity contribution < 1.29 is 10.0 Å². The monoisotopic (exact) mass is 310 g/mol. The lowest BCUT2D eigenvalue weighted by molar-refractivity contribution is 0.0706. The summed E-state index contributed by atoms with van der Waals surface area (Å²) >= 11 is 0. The third-order valence-electron chi connectivity index (χ3n) is 3.92. The van der Waals surface area contributed by atoms with Gasteiger partial charge < -0.3 is 9.88 Å². The number of anilines is 1. The normalized spacial score (nSPS) is 10.7. The minimum absolute atomic E-state index is 0.372. The molecule has 1 amide bonds. The van der Waals surface area contributed by atoms with Crippen molar-refractivity contribution >= 4 is 22.6 Å². The zero-order chi connectivity index (χ0) is 16.4. The van der Waals surface area contributed by atoms with E-state index in [2.05, 4.69) is 23.3 Å². The number of hydroxylamine groups is 1. The first-order valence-corrected chi connectivity index (χ1v) is 7.29. The average Bonchev–Trinajstić information content (AvgIpc) is 2.89. The Hall–Kier alpha value is -2.86. The lowest BCUT2D eigenvalue weighted by atomic mass is 10.2. The standard InChI is InChI=1S/C17H18N4O2/c1-11-5-3-4-6-13(11)18-10-16-19-14-9-12(17(22)20-23)7-8-15(14)21(16)2/h3-9,18,23H,10H2,1-2H3,(H,20,22). The van der Waals surface area contributed by atoms with E-state index in [0.717, 1.165) is 22.5 Å². The van der Waals surface area contributed by atoms with Gasteiger partial charge in [0.1, 0.15) is 5.82 Å². The van der Waals surface area contributed by atoms with Crippen LogP contribution in [0.1, 0.15) is 21.7 Å². The second kappa shape index (κ2) is 6.10. The summed E-state index contributed by atoms with van der Waals surface area (Å²) in [4.78, 5) is 16.1. The molecule has 118 valence electrons. The van der Waals surface area contributed by atoms with Crippen LogP contribution in [0.5, 0.6) is 0 Å². The summed E-state index contributed by atoms with van der Waals surface area (Å²) in [6.07, 6.45) is 0. The van der Waals surface area contributed by atoms with Gasteiger partial charge in [-0.15, -0.1) is 0 Å². The first-order valence-electron chi connectivity index (χ1n) is 7.29. The molecule has 0 fully saturated rings. The molecule has 6 heteroatoms. The number of nitrogens with zero attached hydrogens (tertiary/aromatic N) is 2. The maximum atomic E-state index is 11.5. The number of rotatable bonds is 4. The van der Waals surface area contributed by atoms with Gasteiger partial charge in [0.05, 0.1) is 17.6 Å². The van der Waals surface area contributed by atoms with Crippen LogP contribution in [0.25, 0.3) is 11.0 Å². The van der Waals surface area contributed by atoms with E-state index < -0.39 is 5.91 Å². The van der Waals surface area contributed by atoms with E-state index in [1.54, 1.807) is 17.6 Å². The van der Waals surface area contributed by atoms with Crippen molar-refractivity contribution in [3.63, 3.8) is 0 Å². The molecule has 3 rings (SSSR count). The summed E-state index contributed by atoms with van der Waals surface area (Å²) in [5.41, 5.74) is 5.90. The Labute approximate surface area is 133 Å². The molecule has 0 aliphatic heterocycles. The van der Waals surface area contributed by atoms with Crippen LogP contribution in [0.3, 0.4) is 0 Å². The van der Waals surface area contributed by atoms with Crippen molar-refractivity contribution in [1.29, 1.82) is 0 Å². The van der Waals surface area contributed by atoms with Crippen LogP contribution in [-0.4, -0.2) is 20.7 Å². The highest BCUT2D eigenvalue weighted by Gasteiger charge is 2.11. The molecular weight excluding hydrogens is 292 g/mol. The Morgan fingerprint density at radius 3 is 2.78 bits per heavy atom. The molecule has 0 saturated carbocycles. The summed E-state index contributed by atoms with van der Waals surface area (Å²) in [6.45, 7) is 2.63. The molecule has 0 unspecified atom stereocenters. The zero-order valence-electron chi connectivity index (χ0n) is 13.0. The maximum absolute atomic E-state index is 11.5. The smallest absolute Gasteiger partial charge is 0.274 e. The molecule has 0 radical (unpaired) electrons. The van der Waals surface area contributed by atoms with Gasteiger partial charge in [0.2, 0.25) is 0 Å². The van der Waals surface area contributed by atoms with Crippen LogP contribution in [0, 0.1) is 6.92 Å². The summed E-state index contributed by atoms with van der Waals surface area (Å²) in [7, 11) is 1.94. The molecule has 1 aromatic heterocycles. The number of hydrogen-bond acceptors (Lipinski definition) is 4. The molecule has 0 atom stereocenters. The summed E-state index contributed by atoms with van der Waals surface area (Å²) < 4.78 is 1.99. The summed E-state index contributed by atoms with van der Waals surface area (Å²) in [6, 6.07) is 13.2. The lowest BCUT2D eigenvalue weighted by Crippen LogP contribution is -2.18. The quantitative estimate of drug-likeness (QED) is 0.511. The molecule has 0 bridgehead atoms. The van der Waals surface area contributed by atoms with E-state index in [-0.39, 0.29) is 0 Å². The fourth-order valence-electron chi connectivity index (χ4n) is 2.56. The van der Waals surface area contributed by atoms with Crippen molar-refractivity contribution in [2.45, 2.75) is 13.5 Å². The van der Waals surface area contributed by atoms with Crippen molar-refractivity contribution in [1.82, 2.24) is 15.0 Å². The van der Waals surface area contributed by atoms with Crippen molar-refractivity contribution in [2.75, 3.05) is 5.32 Å². The largest absolute Gasteiger partial charge is 0.378 e. The second-order valence-corrected chi connectivity index (χ2v) is 5.40. The Morgan fingerprint density at radius 2 is 2.04 bits per heavy atom. The van der Waals surface area contributed by atoms with Gasteiger partial charge >= 0.3 is 0 Å². The van der Waals surface area contributed by atoms with Crippen LogP contribution in [0.4, 0.5) is 5.69 Å². The predicted octanol–water partition coefficient (Wildman–Crippen LogP) is 2.61. The number of amides is 1. The number of fused-ring (bicyclic) bond motifs is 1. The Kier molecular flexibility index (Phi) is 3.99. The summed E-state index contributed by atoms with van der Waals surface area (Å²) in [5.74, 6) is 0.321. The molecule has 23 heavy (non-hydrogen) atoms. The third kappa shape index (κ3) is 2.89. The number of nitrogens with one attached hydrogen (secondary N) is 2. The molecule has 0 spiro atoms. The molecule has 3 aromatic rings. The topological polar surface area (TPSA) is 79.2 Å². The number of hydrogen-bond donors (Lipinski definition) is 3. The number of carbonyl (C=O) groups excluding carboxylic acids is 1. The van der Waals surface area contributed by atoms with E-state index in [4.69, 9.17) is 5.21 Å².